The molecule has 21 heavy (non-hydrogen) atoms. The lowest BCUT2D eigenvalue weighted by molar-refractivity contribution is 0.451. The Balaban J connectivity index is 1.97. The molecule has 1 aliphatic carbocycles. The number of halogens is 2. The normalized spacial score (nSPS) is 13.9. The number of fused-ring (bicyclic) bond motifs is 1. The second-order valence-corrected chi connectivity index (χ2v) is 5.99. The number of rotatable bonds is 3. The van der Waals surface area contributed by atoms with Crippen LogP contribution in [0.5, 0.6) is 11.6 Å². The van der Waals surface area contributed by atoms with Gasteiger partial charge in [0.1, 0.15) is 5.75 Å². The second-order valence-electron chi connectivity index (χ2n) is 5.15. The van der Waals surface area contributed by atoms with Gasteiger partial charge in [0, 0.05) is 22.8 Å². The largest absolute Gasteiger partial charge is 0.437 e. The molecular weight excluding hydrogens is 307 g/mol. The highest BCUT2D eigenvalue weighted by molar-refractivity contribution is 6.35. The topological polar surface area (TPSA) is 48.1 Å². The zero-order chi connectivity index (χ0) is 14.8. The van der Waals surface area contributed by atoms with E-state index in [1.54, 1.807) is 18.2 Å². The molecular formula is C16H16Cl2N2O. The fraction of sp³-hybridized carbons (Fsp3) is 0.312. The van der Waals surface area contributed by atoms with E-state index in [9.17, 15) is 0 Å². The van der Waals surface area contributed by atoms with E-state index >= 15 is 0 Å². The first-order valence-corrected chi connectivity index (χ1v) is 7.77. The highest BCUT2D eigenvalue weighted by atomic mass is 35.5. The van der Waals surface area contributed by atoms with Crippen LogP contribution in [-0.4, -0.2) is 4.98 Å². The molecule has 1 aromatic heterocycles. The van der Waals surface area contributed by atoms with E-state index in [2.05, 4.69) is 11.1 Å². The summed E-state index contributed by atoms with van der Waals surface area (Å²) in [5.41, 5.74) is 9.13. The van der Waals surface area contributed by atoms with Crippen molar-refractivity contribution in [2.75, 3.05) is 0 Å². The molecule has 2 N–H and O–H groups in total. The van der Waals surface area contributed by atoms with Crippen molar-refractivity contribution >= 4 is 23.2 Å². The van der Waals surface area contributed by atoms with Crippen LogP contribution in [0.3, 0.4) is 0 Å². The third-order valence-electron chi connectivity index (χ3n) is 3.66. The molecule has 0 radical (unpaired) electrons. The van der Waals surface area contributed by atoms with Crippen molar-refractivity contribution in [3.8, 4) is 11.6 Å². The Morgan fingerprint density at radius 1 is 1.14 bits per heavy atom. The highest BCUT2D eigenvalue weighted by Gasteiger charge is 2.16. The van der Waals surface area contributed by atoms with Crippen LogP contribution in [0.2, 0.25) is 10.0 Å². The Morgan fingerprint density at radius 3 is 2.71 bits per heavy atom. The van der Waals surface area contributed by atoms with E-state index in [1.807, 2.05) is 0 Å². The van der Waals surface area contributed by atoms with Gasteiger partial charge in [0.15, 0.2) is 0 Å². The van der Waals surface area contributed by atoms with E-state index < -0.39 is 0 Å². The summed E-state index contributed by atoms with van der Waals surface area (Å²) in [5.74, 6) is 1.08. The molecule has 3 nitrogen and oxygen atoms in total. The maximum absolute atomic E-state index is 6.15. The molecule has 0 bridgehead atoms. The first-order valence-electron chi connectivity index (χ1n) is 7.02. The first-order chi connectivity index (χ1) is 10.2. The van der Waals surface area contributed by atoms with Gasteiger partial charge in [-0.2, -0.15) is 0 Å². The summed E-state index contributed by atoms with van der Waals surface area (Å²) in [4.78, 5) is 4.65. The lowest BCUT2D eigenvalue weighted by atomic mass is 9.95. The van der Waals surface area contributed by atoms with Gasteiger partial charge in [0.2, 0.25) is 5.88 Å². The van der Waals surface area contributed by atoms with Gasteiger partial charge < -0.3 is 10.5 Å². The molecule has 1 aromatic carbocycles. The van der Waals surface area contributed by atoms with Gasteiger partial charge in [-0.05, 0) is 55.5 Å². The van der Waals surface area contributed by atoms with E-state index in [1.165, 1.54) is 18.4 Å². The van der Waals surface area contributed by atoms with Crippen molar-refractivity contribution in [2.45, 2.75) is 32.2 Å². The second kappa shape index (κ2) is 6.22. The number of benzene rings is 1. The van der Waals surface area contributed by atoms with Gasteiger partial charge in [-0.3, -0.25) is 0 Å². The van der Waals surface area contributed by atoms with Gasteiger partial charge in [-0.15, -0.1) is 0 Å². The van der Waals surface area contributed by atoms with Crippen LogP contribution in [0.4, 0.5) is 0 Å². The molecule has 110 valence electrons. The zero-order valence-electron chi connectivity index (χ0n) is 11.5. The van der Waals surface area contributed by atoms with Crippen LogP contribution in [-0.2, 0) is 19.4 Å². The molecule has 0 atom stereocenters. The zero-order valence-corrected chi connectivity index (χ0v) is 13.0. The Bertz CT molecular complexity index is 674. The third kappa shape index (κ3) is 3.15. The minimum Gasteiger partial charge on any atom is -0.437 e. The maximum atomic E-state index is 6.15. The molecule has 5 heteroatoms. The Hall–Kier alpha value is -1.29. The SMILES string of the molecule is NCc1cc2c(nc1Oc1ccc(Cl)cc1Cl)CCCC2. The molecule has 0 unspecified atom stereocenters. The highest BCUT2D eigenvalue weighted by Crippen LogP contribution is 2.33. The number of ether oxygens (including phenoxy) is 1. The predicted octanol–water partition coefficient (Wildman–Crippen LogP) is 4.52. The summed E-state index contributed by atoms with van der Waals surface area (Å²) < 4.78 is 5.87. The molecule has 2 aromatic rings. The van der Waals surface area contributed by atoms with Gasteiger partial charge in [-0.1, -0.05) is 23.2 Å². The van der Waals surface area contributed by atoms with Crippen molar-refractivity contribution in [2.24, 2.45) is 5.73 Å². The number of hydrogen-bond acceptors (Lipinski definition) is 3. The van der Waals surface area contributed by atoms with Crippen molar-refractivity contribution in [1.29, 1.82) is 0 Å². The van der Waals surface area contributed by atoms with Crippen molar-refractivity contribution in [1.82, 2.24) is 4.98 Å². The maximum Gasteiger partial charge on any atom is 0.224 e. The Morgan fingerprint density at radius 2 is 1.95 bits per heavy atom. The first kappa shape index (κ1) is 14.6. The molecule has 0 fully saturated rings. The standard InChI is InChI=1S/C16H16Cl2N2O/c17-12-5-6-15(13(18)8-12)21-16-11(9-19)7-10-3-1-2-4-14(10)20-16/h5-8H,1-4,9,19H2. The molecule has 1 heterocycles. The number of nitrogens with zero attached hydrogens (tertiary/aromatic N) is 1. The van der Waals surface area contributed by atoms with Crippen molar-refractivity contribution in [3.63, 3.8) is 0 Å². The Kier molecular flexibility index (Phi) is 4.34. The molecule has 0 saturated carbocycles. The summed E-state index contributed by atoms with van der Waals surface area (Å²) >= 11 is 12.0. The lowest BCUT2D eigenvalue weighted by Crippen LogP contribution is -2.10. The number of hydrogen-bond donors (Lipinski definition) is 1. The quantitative estimate of drug-likeness (QED) is 0.903. The number of aryl methyl sites for hydroxylation is 2. The molecule has 0 aliphatic heterocycles. The average Bonchev–Trinajstić information content (AvgIpc) is 2.49. The van der Waals surface area contributed by atoms with Crippen LogP contribution >= 0.6 is 23.2 Å². The van der Waals surface area contributed by atoms with Gasteiger partial charge in [0.25, 0.3) is 0 Å². The van der Waals surface area contributed by atoms with Gasteiger partial charge in [-0.25, -0.2) is 4.98 Å². The van der Waals surface area contributed by atoms with Gasteiger partial charge in [0.05, 0.1) is 5.02 Å². The molecule has 0 saturated heterocycles. The Labute approximate surface area is 134 Å². The summed E-state index contributed by atoms with van der Waals surface area (Å²) in [6, 6.07) is 7.25. The van der Waals surface area contributed by atoms with E-state index in [-0.39, 0.29) is 0 Å². The summed E-state index contributed by atoms with van der Waals surface area (Å²) in [6.07, 6.45) is 4.44. The van der Waals surface area contributed by atoms with Gasteiger partial charge >= 0.3 is 0 Å². The molecule has 0 amide bonds. The number of pyridine rings is 1. The fourth-order valence-corrected chi connectivity index (χ4v) is 3.01. The van der Waals surface area contributed by atoms with Crippen LogP contribution in [0.15, 0.2) is 24.3 Å². The molecule has 0 spiro atoms. The van der Waals surface area contributed by atoms with E-state index in [0.717, 1.165) is 24.1 Å². The summed E-state index contributed by atoms with van der Waals surface area (Å²) in [6.45, 7) is 0.390. The number of aromatic nitrogens is 1. The summed E-state index contributed by atoms with van der Waals surface area (Å²) in [7, 11) is 0. The monoisotopic (exact) mass is 322 g/mol. The molecule has 1 aliphatic rings. The minimum atomic E-state index is 0.390. The predicted molar refractivity (Wildman–Crippen MR) is 85.3 cm³/mol. The van der Waals surface area contributed by atoms with Crippen molar-refractivity contribution < 1.29 is 4.74 Å². The lowest BCUT2D eigenvalue weighted by Gasteiger charge is -2.18. The van der Waals surface area contributed by atoms with Crippen molar-refractivity contribution in [3.05, 3.63) is 51.1 Å². The van der Waals surface area contributed by atoms with Crippen LogP contribution in [0.25, 0.3) is 0 Å². The van der Waals surface area contributed by atoms with Crippen LogP contribution in [0, 0.1) is 0 Å². The molecule has 3 rings (SSSR count). The van der Waals surface area contributed by atoms with E-state index in [4.69, 9.17) is 33.7 Å². The fourth-order valence-electron chi connectivity index (χ4n) is 2.56. The van der Waals surface area contributed by atoms with E-state index in [0.29, 0.717) is 28.2 Å². The minimum absolute atomic E-state index is 0.390. The average molecular weight is 323 g/mol. The van der Waals surface area contributed by atoms with Crippen LogP contribution < -0.4 is 10.5 Å². The van der Waals surface area contributed by atoms with Crippen LogP contribution in [0.1, 0.15) is 29.7 Å². The summed E-state index contributed by atoms with van der Waals surface area (Å²) in [5, 5.41) is 1.04. The number of nitrogens with two attached hydrogens (primary N) is 1. The smallest absolute Gasteiger partial charge is 0.224 e. The third-order valence-corrected chi connectivity index (χ3v) is 4.19.